The third kappa shape index (κ3) is 4.28. The average molecular weight is 348 g/mol. The van der Waals surface area contributed by atoms with E-state index in [1.807, 2.05) is 0 Å². The minimum Gasteiger partial charge on any atom is -0.373 e. The van der Waals surface area contributed by atoms with Crippen molar-refractivity contribution in [3.63, 3.8) is 0 Å². The van der Waals surface area contributed by atoms with Gasteiger partial charge in [0.1, 0.15) is 5.82 Å². The molecular weight excluding hydrogens is 323 g/mol. The number of fused-ring (bicyclic) bond motifs is 2. The number of carbonyl (C=O) groups is 1. The summed E-state index contributed by atoms with van der Waals surface area (Å²) in [6.45, 7) is 2.62. The van der Waals surface area contributed by atoms with Crippen LogP contribution in [0.4, 0.5) is 4.39 Å². The molecule has 1 aromatic carbocycles. The predicted octanol–water partition coefficient (Wildman–Crippen LogP) is 1.35. The Balaban J connectivity index is 1.39. The lowest BCUT2D eigenvalue weighted by atomic mass is 9.96. The third-order valence-electron chi connectivity index (χ3n) is 4.79. The van der Waals surface area contributed by atoms with E-state index in [2.05, 4.69) is 20.9 Å². The molecule has 0 aromatic heterocycles. The fourth-order valence-electron chi connectivity index (χ4n) is 3.35. The van der Waals surface area contributed by atoms with E-state index in [0.29, 0.717) is 42.3 Å². The maximum atomic E-state index is 13.5. The number of aryl methyl sites for hydroxylation is 1. The van der Waals surface area contributed by atoms with Crippen molar-refractivity contribution in [2.75, 3.05) is 20.1 Å². The van der Waals surface area contributed by atoms with Crippen LogP contribution in [-0.4, -0.2) is 50.3 Å². The van der Waals surface area contributed by atoms with E-state index in [9.17, 15) is 9.18 Å². The summed E-state index contributed by atoms with van der Waals surface area (Å²) in [7, 11) is 1.72. The number of carbonyl (C=O) groups excluding carboxylic acids is 1. The Labute approximate surface area is 147 Å². The molecule has 3 rings (SSSR count). The van der Waals surface area contributed by atoms with Crippen LogP contribution >= 0.6 is 0 Å². The SMILES string of the molecule is CN=C(NCCNC(=O)c1ccc(C)c(F)c1)NC1CC2CCC1O2. The van der Waals surface area contributed by atoms with Crippen molar-refractivity contribution in [3.8, 4) is 0 Å². The van der Waals surface area contributed by atoms with Crippen molar-refractivity contribution in [3.05, 3.63) is 35.1 Å². The topological polar surface area (TPSA) is 74.8 Å². The zero-order valence-electron chi connectivity index (χ0n) is 14.6. The van der Waals surface area contributed by atoms with Crippen molar-refractivity contribution in [1.82, 2.24) is 16.0 Å². The van der Waals surface area contributed by atoms with Gasteiger partial charge in [0.15, 0.2) is 5.96 Å². The highest BCUT2D eigenvalue weighted by molar-refractivity contribution is 5.94. The molecule has 0 aliphatic carbocycles. The lowest BCUT2D eigenvalue weighted by Crippen LogP contribution is -2.48. The van der Waals surface area contributed by atoms with Gasteiger partial charge in [0.2, 0.25) is 0 Å². The number of nitrogens with zero attached hydrogens (tertiary/aromatic N) is 1. The number of ether oxygens (including phenoxy) is 1. The molecule has 0 saturated carbocycles. The minimum absolute atomic E-state index is 0.277. The number of nitrogens with one attached hydrogen (secondary N) is 3. The minimum atomic E-state index is -0.372. The molecule has 3 atom stereocenters. The predicted molar refractivity (Wildman–Crippen MR) is 94.3 cm³/mol. The summed E-state index contributed by atoms with van der Waals surface area (Å²) in [5.41, 5.74) is 0.849. The molecule has 2 heterocycles. The molecule has 3 N–H and O–H groups in total. The molecule has 3 unspecified atom stereocenters. The number of aliphatic imine (C=N–C) groups is 1. The van der Waals surface area contributed by atoms with Gasteiger partial charge in [-0.25, -0.2) is 4.39 Å². The van der Waals surface area contributed by atoms with Crippen LogP contribution in [0.5, 0.6) is 0 Å². The Morgan fingerprint density at radius 2 is 2.12 bits per heavy atom. The molecule has 7 heteroatoms. The van der Waals surface area contributed by atoms with Crippen molar-refractivity contribution in [1.29, 1.82) is 0 Å². The molecule has 2 saturated heterocycles. The van der Waals surface area contributed by atoms with Crippen LogP contribution in [0.3, 0.4) is 0 Å². The van der Waals surface area contributed by atoms with Gasteiger partial charge in [0.25, 0.3) is 5.91 Å². The van der Waals surface area contributed by atoms with Gasteiger partial charge >= 0.3 is 0 Å². The van der Waals surface area contributed by atoms with Crippen molar-refractivity contribution in [2.45, 2.75) is 44.4 Å². The van der Waals surface area contributed by atoms with Crippen LogP contribution < -0.4 is 16.0 Å². The van der Waals surface area contributed by atoms with Crippen molar-refractivity contribution < 1.29 is 13.9 Å². The molecule has 1 aromatic rings. The summed E-state index contributed by atoms with van der Waals surface area (Å²) in [6, 6.07) is 4.78. The van der Waals surface area contributed by atoms with E-state index in [-0.39, 0.29) is 17.8 Å². The van der Waals surface area contributed by atoms with E-state index in [4.69, 9.17) is 4.74 Å². The fourth-order valence-corrected chi connectivity index (χ4v) is 3.35. The summed E-state index contributed by atoms with van der Waals surface area (Å²) in [6.07, 6.45) is 3.93. The first-order chi connectivity index (χ1) is 12.1. The second kappa shape index (κ2) is 7.82. The molecule has 2 aliphatic rings. The van der Waals surface area contributed by atoms with Gasteiger partial charge in [0, 0.05) is 25.7 Å². The maximum absolute atomic E-state index is 13.5. The molecule has 2 bridgehead atoms. The van der Waals surface area contributed by atoms with Crippen LogP contribution in [0.25, 0.3) is 0 Å². The summed E-state index contributed by atoms with van der Waals surface area (Å²) in [4.78, 5) is 16.2. The van der Waals surface area contributed by atoms with Crippen molar-refractivity contribution >= 4 is 11.9 Å². The van der Waals surface area contributed by atoms with Gasteiger partial charge < -0.3 is 20.7 Å². The van der Waals surface area contributed by atoms with E-state index < -0.39 is 0 Å². The average Bonchev–Trinajstić information content (AvgIpc) is 3.22. The lowest BCUT2D eigenvalue weighted by Gasteiger charge is -2.22. The van der Waals surface area contributed by atoms with Crippen molar-refractivity contribution in [2.24, 2.45) is 4.99 Å². The largest absolute Gasteiger partial charge is 0.373 e. The van der Waals surface area contributed by atoms with E-state index >= 15 is 0 Å². The highest BCUT2D eigenvalue weighted by Crippen LogP contribution is 2.34. The highest BCUT2D eigenvalue weighted by Gasteiger charge is 2.41. The van der Waals surface area contributed by atoms with Gasteiger partial charge in [-0.05, 0) is 43.9 Å². The lowest BCUT2D eigenvalue weighted by molar-refractivity contribution is 0.0954. The molecule has 25 heavy (non-hydrogen) atoms. The van der Waals surface area contributed by atoms with Gasteiger partial charge in [-0.1, -0.05) is 6.07 Å². The summed E-state index contributed by atoms with van der Waals surface area (Å²) in [5, 5.41) is 9.33. The second-order valence-corrected chi connectivity index (χ2v) is 6.58. The molecule has 136 valence electrons. The second-order valence-electron chi connectivity index (χ2n) is 6.58. The summed E-state index contributed by atoms with van der Waals surface area (Å²) >= 11 is 0. The normalized spacial score (nSPS) is 25.1. The molecule has 0 spiro atoms. The Bertz CT molecular complexity index is 664. The monoisotopic (exact) mass is 348 g/mol. The van der Waals surface area contributed by atoms with Gasteiger partial charge in [0.05, 0.1) is 18.2 Å². The zero-order chi connectivity index (χ0) is 17.8. The number of benzene rings is 1. The Morgan fingerprint density at radius 3 is 2.76 bits per heavy atom. The number of rotatable bonds is 5. The smallest absolute Gasteiger partial charge is 0.251 e. The molecule has 2 fully saturated rings. The number of halogens is 1. The van der Waals surface area contributed by atoms with Crippen LogP contribution in [0.15, 0.2) is 23.2 Å². The molecule has 0 radical (unpaired) electrons. The highest BCUT2D eigenvalue weighted by atomic mass is 19.1. The molecular formula is C18H25FN4O2. The van der Waals surface area contributed by atoms with Crippen LogP contribution in [0, 0.1) is 12.7 Å². The number of hydrogen-bond acceptors (Lipinski definition) is 3. The Kier molecular flexibility index (Phi) is 5.53. The van der Waals surface area contributed by atoms with Gasteiger partial charge in [-0.2, -0.15) is 0 Å². The number of hydrogen-bond donors (Lipinski definition) is 3. The van der Waals surface area contributed by atoms with Gasteiger partial charge in [-0.15, -0.1) is 0 Å². The Morgan fingerprint density at radius 1 is 1.32 bits per heavy atom. The van der Waals surface area contributed by atoms with E-state index in [1.165, 1.54) is 6.07 Å². The number of amides is 1. The van der Waals surface area contributed by atoms with E-state index in [0.717, 1.165) is 19.3 Å². The molecule has 2 aliphatic heterocycles. The van der Waals surface area contributed by atoms with E-state index in [1.54, 1.807) is 26.1 Å². The van der Waals surface area contributed by atoms with Crippen LogP contribution in [-0.2, 0) is 4.74 Å². The summed E-state index contributed by atoms with van der Waals surface area (Å²) < 4.78 is 19.3. The quantitative estimate of drug-likeness (QED) is 0.427. The first-order valence-corrected chi connectivity index (χ1v) is 8.74. The fraction of sp³-hybridized carbons (Fsp3) is 0.556. The zero-order valence-corrected chi connectivity index (χ0v) is 14.6. The molecule has 1 amide bonds. The number of guanidine groups is 1. The third-order valence-corrected chi connectivity index (χ3v) is 4.79. The molecule has 6 nitrogen and oxygen atoms in total. The first-order valence-electron chi connectivity index (χ1n) is 8.74. The Hall–Kier alpha value is -2.15. The van der Waals surface area contributed by atoms with Gasteiger partial charge in [-0.3, -0.25) is 9.79 Å². The standard InChI is InChI=1S/C18H25FN4O2/c1-11-3-4-12(9-14(11)19)17(24)21-7-8-22-18(20-2)23-15-10-13-5-6-16(15)25-13/h3-4,9,13,15-16H,5-8,10H2,1-2H3,(H,21,24)(H2,20,22,23). The maximum Gasteiger partial charge on any atom is 0.251 e. The van der Waals surface area contributed by atoms with Crippen LogP contribution in [0.1, 0.15) is 35.2 Å². The first kappa shape index (κ1) is 17.7. The summed E-state index contributed by atoms with van der Waals surface area (Å²) in [5.74, 6) is 0.0467. The van der Waals surface area contributed by atoms with Crippen LogP contribution in [0.2, 0.25) is 0 Å².